The summed E-state index contributed by atoms with van der Waals surface area (Å²) in [4.78, 5) is 11.1. The lowest BCUT2D eigenvalue weighted by Gasteiger charge is -2.27. The van der Waals surface area contributed by atoms with Crippen molar-refractivity contribution in [3.63, 3.8) is 0 Å². The van der Waals surface area contributed by atoms with Crippen LogP contribution in [0.4, 0.5) is 5.69 Å². The molecule has 1 aliphatic carbocycles. The summed E-state index contributed by atoms with van der Waals surface area (Å²) >= 11 is 0. The number of nitrogens with zero attached hydrogens (tertiary/aromatic N) is 1. The number of nitrogens with two attached hydrogens (primary N) is 1. The van der Waals surface area contributed by atoms with Gasteiger partial charge in [-0.2, -0.15) is 0 Å². The fourth-order valence-electron chi connectivity index (χ4n) is 2.92. The Bertz CT molecular complexity index is 724. The van der Waals surface area contributed by atoms with Crippen LogP contribution in [0.25, 0.3) is 0 Å². The van der Waals surface area contributed by atoms with Gasteiger partial charge in [0.1, 0.15) is 6.61 Å². The van der Waals surface area contributed by atoms with Crippen LogP contribution in [0, 0.1) is 10.1 Å². The normalized spacial score (nSPS) is 19.1. The fraction of sp³-hybridized carbons (Fsp3) is 0.294. The molecule has 0 saturated carbocycles. The summed E-state index contributed by atoms with van der Waals surface area (Å²) < 4.78 is 5.66. The van der Waals surface area contributed by atoms with E-state index in [-0.39, 0.29) is 30.5 Å². The third-order valence-corrected chi connectivity index (χ3v) is 4.15. The molecule has 2 aromatic carbocycles. The molecular weight excluding hydrogens is 332 g/mol. The topological polar surface area (TPSA) is 98.6 Å². The van der Waals surface area contributed by atoms with Gasteiger partial charge >= 0.3 is 5.69 Å². The third-order valence-electron chi connectivity index (χ3n) is 4.15. The summed E-state index contributed by atoms with van der Waals surface area (Å²) in [5.41, 5.74) is 7.76. The zero-order valence-electron chi connectivity index (χ0n) is 12.9. The van der Waals surface area contributed by atoms with Crippen LogP contribution in [0.2, 0.25) is 0 Å². The summed E-state index contributed by atoms with van der Waals surface area (Å²) in [5.74, 6) is 0.222. The molecule has 0 fully saturated rings. The molecule has 2 atom stereocenters. The number of nitro benzene ring substituents is 1. The Hall–Kier alpha value is -2.15. The van der Waals surface area contributed by atoms with Crippen molar-refractivity contribution in [3.05, 3.63) is 69.3 Å². The number of fused-ring (bicyclic) bond motifs is 1. The molecule has 6 nitrogen and oxygen atoms in total. The molecule has 0 saturated heterocycles. The highest BCUT2D eigenvalue weighted by Crippen LogP contribution is 2.40. The van der Waals surface area contributed by atoms with E-state index < -0.39 is 17.1 Å². The molecule has 0 spiro atoms. The van der Waals surface area contributed by atoms with E-state index in [9.17, 15) is 15.2 Å². The molecule has 0 aromatic heterocycles. The monoisotopic (exact) mass is 350 g/mol. The van der Waals surface area contributed by atoms with Gasteiger partial charge in [0, 0.05) is 11.6 Å². The summed E-state index contributed by atoms with van der Waals surface area (Å²) in [6, 6.07) is 12.3. The average Bonchev–Trinajstić information content (AvgIpc) is 2.56. The van der Waals surface area contributed by atoms with Crippen LogP contribution in [0.3, 0.4) is 0 Å². The Morgan fingerprint density at radius 2 is 1.96 bits per heavy atom. The minimum Gasteiger partial charge on any atom is -0.482 e. The molecule has 0 aliphatic heterocycles. The van der Waals surface area contributed by atoms with Gasteiger partial charge in [0.2, 0.25) is 0 Å². The third kappa shape index (κ3) is 3.51. The molecule has 3 N–H and O–H groups in total. The van der Waals surface area contributed by atoms with E-state index in [1.165, 1.54) is 0 Å². The summed E-state index contributed by atoms with van der Waals surface area (Å²) in [5, 5.41) is 21.7. The van der Waals surface area contributed by atoms with Crippen molar-refractivity contribution < 1.29 is 14.8 Å². The molecular formula is C17H19ClN2O4. The predicted octanol–water partition coefficient (Wildman–Crippen LogP) is 2.90. The lowest BCUT2D eigenvalue weighted by molar-refractivity contribution is -0.386. The highest BCUT2D eigenvalue weighted by atomic mass is 35.5. The van der Waals surface area contributed by atoms with E-state index in [0.29, 0.717) is 24.0 Å². The van der Waals surface area contributed by atoms with Crippen LogP contribution in [0.15, 0.2) is 42.5 Å². The number of aliphatic hydroxyl groups is 1. The van der Waals surface area contributed by atoms with Crippen molar-refractivity contribution in [3.8, 4) is 5.75 Å². The number of aliphatic hydroxyl groups excluding tert-OH is 1. The van der Waals surface area contributed by atoms with Gasteiger partial charge in [-0.15, -0.1) is 12.4 Å². The Kier molecular flexibility index (Phi) is 5.77. The standard InChI is InChI=1S/C17H18N2O4.ClH/c18-14-8-6-12-13(17(14)20)7-9-15(16(12)19(21)22)23-10-11-4-2-1-3-5-11;/h1-5,7,9,14,17,20H,6,8,10,18H2;1H/t14-,17-;/m0./s1. The van der Waals surface area contributed by atoms with Crippen LogP contribution < -0.4 is 10.5 Å². The van der Waals surface area contributed by atoms with Gasteiger partial charge in [0.25, 0.3) is 0 Å². The average molecular weight is 351 g/mol. The van der Waals surface area contributed by atoms with Crippen molar-refractivity contribution in [2.24, 2.45) is 5.73 Å². The largest absolute Gasteiger partial charge is 0.482 e. The second-order valence-corrected chi connectivity index (χ2v) is 5.66. The number of hydrogen-bond acceptors (Lipinski definition) is 5. The van der Waals surface area contributed by atoms with Crippen LogP contribution in [-0.2, 0) is 13.0 Å². The van der Waals surface area contributed by atoms with Crippen LogP contribution >= 0.6 is 12.4 Å². The van der Waals surface area contributed by atoms with E-state index in [0.717, 1.165) is 5.56 Å². The molecule has 3 rings (SSSR count). The molecule has 0 unspecified atom stereocenters. The first kappa shape index (κ1) is 18.2. The molecule has 0 heterocycles. The Morgan fingerprint density at radius 1 is 1.25 bits per heavy atom. The molecule has 0 radical (unpaired) electrons. The van der Waals surface area contributed by atoms with Crippen molar-refractivity contribution in [1.29, 1.82) is 0 Å². The minimum absolute atomic E-state index is 0. The summed E-state index contributed by atoms with van der Waals surface area (Å²) in [6.45, 7) is 0.253. The van der Waals surface area contributed by atoms with Crippen LogP contribution in [-0.4, -0.2) is 16.1 Å². The van der Waals surface area contributed by atoms with Crippen LogP contribution in [0.5, 0.6) is 5.75 Å². The quantitative estimate of drug-likeness (QED) is 0.652. The predicted molar refractivity (Wildman–Crippen MR) is 92.4 cm³/mol. The first-order valence-electron chi connectivity index (χ1n) is 7.48. The molecule has 0 amide bonds. The van der Waals surface area contributed by atoms with Crippen molar-refractivity contribution >= 4 is 18.1 Å². The van der Waals surface area contributed by atoms with Crippen molar-refractivity contribution in [1.82, 2.24) is 0 Å². The Morgan fingerprint density at radius 3 is 2.62 bits per heavy atom. The van der Waals surface area contributed by atoms with E-state index >= 15 is 0 Å². The van der Waals surface area contributed by atoms with Crippen LogP contribution in [0.1, 0.15) is 29.2 Å². The van der Waals surface area contributed by atoms with E-state index in [1.807, 2.05) is 30.3 Å². The Balaban J connectivity index is 0.00000208. The van der Waals surface area contributed by atoms with Crippen molar-refractivity contribution in [2.75, 3.05) is 0 Å². The van der Waals surface area contributed by atoms with Gasteiger partial charge < -0.3 is 15.6 Å². The highest BCUT2D eigenvalue weighted by molar-refractivity contribution is 5.85. The van der Waals surface area contributed by atoms with Gasteiger partial charge in [-0.1, -0.05) is 36.4 Å². The first-order valence-corrected chi connectivity index (χ1v) is 7.48. The minimum atomic E-state index is -0.874. The second kappa shape index (κ2) is 7.61. The number of ether oxygens (including phenoxy) is 1. The highest BCUT2D eigenvalue weighted by Gasteiger charge is 2.33. The lowest BCUT2D eigenvalue weighted by Crippen LogP contribution is -2.33. The molecule has 7 heteroatoms. The van der Waals surface area contributed by atoms with Gasteiger partial charge in [0.05, 0.1) is 11.0 Å². The zero-order valence-corrected chi connectivity index (χ0v) is 13.7. The van der Waals surface area contributed by atoms with E-state index in [4.69, 9.17) is 10.5 Å². The molecule has 1 aliphatic rings. The summed E-state index contributed by atoms with van der Waals surface area (Å²) in [7, 11) is 0. The van der Waals surface area contributed by atoms with Gasteiger partial charge in [0.15, 0.2) is 5.75 Å². The fourth-order valence-corrected chi connectivity index (χ4v) is 2.92. The van der Waals surface area contributed by atoms with Gasteiger partial charge in [-0.3, -0.25) is 10.1 Å². The Labute approximate surface area is 145 Å². The molecule has 24 heavy (non-hydrogen) atoms. The summed E-state index contributed by atoms with van der Waals surface area (Å²) in [6.07, 6.45) is 0.101. The maximum absolute atomic E-state index is 11.5. The lowest BCUT2D eigenvalue weighted by atomic mass is 9.85. The molecule has 128 valence electrons. The zero-order chi connectivity index (χ0) is 16.4. The molecule has 2 aromatic rings. The first-order chi connectivity index (χ1) is 11.1. The number of halogens is 1. The van der Waals surface area contributed by atoms with Gasteiger partial charge in [-0.25, -0.2) is 0 Å². The maximum atomic E-state index is 11.5. The molecule has 0 bridgehead atoms. The van der Waals surface area contributed by atoms with E-state index in [1.54, 1.807) is 12.1 Å². The smallest absolute Gasteiger partial charge is 0.314 e. The number of nitro groups is 1. The maximum Gasteiger partial charge on any atom is 0.314 e. The SMILES string of the molecule is Cl.N[C@H]1CCc2c(ccc(OCc3ccccc3)c2[N+](=O)[O-])[C@@H]1O. The number of benzene rings is 2. The number of hydrogen-bond donors (Lipinski definition) is 2. The number of rotatable bonds is 4. The van der Waals surface area contributed by atoms with Crippen molar-refractivity contribution in [2.45, 2.75) is 31.6 Å². The van der Waals surface area contributed by atoms with E-state index in [2.05, 4.69) is 0 Å². The second-order valence-electron chi connectivity index (χ2n) is 5.66. The van der Waals surface area contributed by atoms with Gasteiger partial charge in [-0.05, 0) is 30.0 Å².